The van der Waals surface area contributed by atoms with Crippen LogP contribution in [0.15, 0.2) is 95.4 Å². The van der Waals surface area contributed by atoms with Gasteiger partial charge in [0.1, 0.15) is 11.2 Å². The van der Waals surface area contributed by atoms with Crippen LogP contribution in [0.5, 0.6) is 0 Å². The summed E-state index contributed by atoms with van der Waals surface area (Å²) in [6, 6.07) is 37.1. The first-order valence-electron chi connectivity index (χ1n) is 26.4. The third-order valence-corrected chi connectivity index (χ3v) is 18.8. The Balaban J connectivity index is 1.19. The van der Waals surface area contributed by atoms with Crippen molar-refractivity contribution in [1.82, 2.24) is 0 Å². The van der Waals surface area contributed by atoms with Crippen molar-refractivity contribution in [3.63, 3.8) is 0 Å². The van der Waals surface area contributed by atoms with E-state index in [0.29, 0.717) is 0 Å². The minimum Gasteiger partial charge on any atom is -0.456 e. The summed E-state index contributed by atoms with van der Waals surface area (Å²) in [7, 11) is 0. The molecule has 3 nitrogen and oxygen atoms in total. The third-order valence-electron chi connectivity index (χ3n) is 18.8. The molecule has 4 heteroatoms. The first kappa shape index (κ1) is 45.0. The van der Waals surface area contributed by atoms with Gasteiger partial charge in [0.2, 0.25) is 0 Å². The average molecular weight is 911 g/mol. The number of fused-ring (bicyclic) bond motifs is 10. The molecule has 7 aromatic rings. The number of anilines is 6. The van der Waals surface area contributed by atoms with Gasteiger partial charge in [-0.1, -0.05) is 134 Å². The van der Waals surface area contributed by atoms with Crippen molar-refractivity contribution < 1.29 is 4.42 Å². The molecular formula is C65H75BN2O. The molecule has 0 fully saturated rings. The van der Waals surface area contributed by atoms with Crippen LogP contribution in [-0.2, 0) is 37.9 Å². The van der Waals surface area contributed by atoms with Crippen molar-refractivity contribution >= 4 is 79.2 Å². The van der Waals surface area contributed by atoms with Gasteiger partial charge in [-0.25, -0.2) is 0 Å². The molecule has 3 aliphatic carbocycles. The molecule has 0 atom stereocenters. The van der Waals surface area contributed by atoms with Crippen molar-refractivity contribution in [1.29, 1.82) is 0 Å². The van der Waals surface area contributed by atoms with Crippen LogP contribution >= 0.6 is 0 Å². The van der Waals surface area contributed by atoms with Gasteiger partial charge in [0.15, 0.2) is 0 Å². The Labute approximate surface area is 414 Å². The maximum Gasteiger partial charge on any atom is 0.252 e. The van der Waals surface area contributed by atoms with Crippen LogP contribution in [0.1, 0.15) is 187 Å². The first-order valence-corrected chi connectivity index (χ1v) is 26.4. The van der Waals surface area contributed by atoms with Crippen LogP contribution in [0.2, 0.25) is 0 Å². The summed E-state index contributed by atoms with van der Waals surface area (Å²) < 4.78 is 6.90. The normalized spacial score (nSPS) is 20.7. The molecule has 0 amide bonds. The van der Waals surface area contributed by atoms with Crippen LogP contribution in [0.3, 0.4) is 0 Å². The van der Waals surface area contributed by atoms with E-state index in [-0.39, 0.29) is 44.6 Å². The van der Waals surface area contributed by atoms with E-state index < -0.39 is 0 Å². The van der Waals surface area contributed by atoms with Crippen LogP contribution in [-0.4, -0.2) is 6.71 Å². The predicted octanol–water partition coefficient (Wildman–Crippen LogP) is 16.3. The Hall–Kier alpha value is -5.22. The first-order chi connectivity index (χ1) is 32.2. The fourth-order valence-corrected chi connectivity index (χ4v) is 13.9. The van der Waals surface area contributed by atoms with Crippen molar-refractivity contribution in [3.8, 4) is 0 Å². The molecule has 0 saturated heterocycles. The molecule has 6 aromatic carbocycles. The number of benzene rings is 6. The lowest BCUT2D eigenvalue weighted by molar-refractivity contribution is 0.332. The number of aryl methyl sites for hydroxylation is 1. The maximum atomic E-state index is 6.90. The fourth-order valence-electron chi connectivity index (χ4n) is 13.9. The standard InChI is InChI=1S/C65H75BN2O/c1-38-29-54-58-55(30-38)68(41-18-21-43-42-20-17-39(59(2,3)4)31-56(42)69-57(43)33-41)53-37-49-47(63(11,12)26-28-65(49,15)16)35-51(53)66(58)50-34-46-48(64(13,14)27-25-62(46,9)10)36-52(50)67(54)40-19-22-44-45(32-40)61(7,8)24-23-60(44,5)6/h17-22,29-37H,23-28H2,1-16H3. The maximum absolute atomic E-state index is 6.90. The molecular weight excluding hydrogens is 836 g/mol. The van der Waals surface area contributed by atoms with Gasteiger partial charge in [-0.2, -0.15) is 0 Å². The Morgan fingerprint density at radius 3 is 1.29 bits per heavy atom. The summed E-state index contributed by atoms with van der Waals surface area (Å²) in [4.78, 5) is 5.34. The second kappa shape index (κ2) is 14.0. The predicted molar refractivity (Wildman–Crippen MR) is 297 cm³/mol. The molecule has 12 rings (SSSR count). The van der Waals surface area contributed by atoms with Crippen molar-refractivity contribution in [2.24, 2.45) is 0 Å². The van der Waals surface area contributed by atoms with Gasteiger partial charge in [0.25, 0.3) is 6.71 Å². The van der Waals surface area contributed by atoms with E-state index in [2.05, 4.69) is 212 Å². The van der Waals surface area contributed by atoms with Gasteiger partial charge in [0.05, 0.1) is 0 Å². The monoisotopic (exact) mass is 911 g/mol. The third kappa shape index (κ3) is 6.51. The summed E-state index contributed by atoms with van der Waals surface area (Å²) in [5.74, 6) is 0. The van der Waals surface area contributed by atoms with Gasteiger partial charge < -0.3 is 14.2 Å². The zero-order valence-electron chi connectivity index (χ0n) is 44.8. The molecule has 0 bridgehead atoms. The Morgan fingerprint density at radius 1 is 0.420 bits per heavy atom. The number of furan rings is 1. The zero-order chi connectivity index (χ0) is 48.9. The molecule has 0 unspecified atom stereocenters. The highest BCUT2D eigenvalue weighted by atomic mass is 16.3. The van der Waals surface area contributed by atoms with Crippen LogP contribution in [0.25, 0.3) is 21.9 Å². The van der Waals surface area contributed by atoms with Gasteiger partial charge in [-0.15, -0.1) is 0 Å². The van der Waals surface area contributed by atoms with Gasteiger partial charge in [0, 0.05) is 51.0 Å². The Bertz CT molecular complexity index is 3360. The number of hydrogen-bond acceptors (Lipinski definition) is 3. The molecule has 0 spiro atoms. The van der Waals surface area contributed by atoms with Gasteiger partial charge in [-0.05, 0) is 199 Å². The molecule has 354 valence electrons. The summed E-state index contributed by atoms with van der Waals surface area (Å²) in [6.07, 6.45) is 7.09. The Morgan fingerprint density at radius 2 is 0.812 bits per heavy atom. The lowest BCUT2D eigenvalue weighted by atomic mass is 9.32. The largest absolute Gasteiger partial charge is 0.456 e. The average Bonchev–Trinajstić information content (AvgIpc) is 3.64. The summed E-state index contributed by atoms with van der Waals surface area (Å²) >= 11 is 0. The second-order valence-corrected chi connectivity index (χ2v) is 27.5. The second-order valence-electron chi connectivity index (χ2n) is 27.5. The molecule has 3 heterocycles. The molecule has 69 heavy (non-hydrogen) atoms. The highest BCUT2D eigenvalue weighted by molar-refractivity contribution is 7.00. The van der Waals surface area contributed by atoms with Crippen molar-refractivity contribution in [2.45, 2.75) is 187 Å². The zero-order valence-corrected chi connectivity index (χ0v) is 44.8. The molecule has 1 aromatic heterocycles. The van der Waals surface area contributed by atoms with E-state index >= 15 is 0 Å². The van der Waals surface area contributed by atoms with E-state index in [0.717, 1.165) is 22.2 Å². The van der Waals surface area contributed by atoms with Gasteiger partial charge >= 0.3 is 0 Å². The van der Waals surface area contributed by atoms with Crippen LogP contribution < -0.4 is 26.2 Å². The SMILES string of the molecule is Cc1cc2c3c(c1)N(c1ccc4c(c1)oc1cc(C(C)(C)C)ccc14)c1cc4c(cc1B3c1cc3c(cc1N2c1ccc2c(c1)C(C)(C)CCC2(C)C)C(C)(C)CCC3(C)C)C(C)(C)CCC4(C)C. The lowest BCUT2D eigenvalue weighted by Gasteiger charge is -2.49. The summed E-state index contributed by atoms with van der Waals surface area (Å²) in [5.41, 5.74) is 25.8. The number of hydrogen-bond donors (Lipinski definition) is 0. The smallest absolute Gasteiger partial charge is 0.252 e. The molecule has 2 aliphatic heterocycles. The van der Waals surface area contributed by atoms with Crippen molar-refractivity contribution in [3.05, 3.63) is 136 Å². The summed E-state index contributed by atoms with van der Waals surface area (Å²) in [6.45, 7) is 39.0. The van der Waals surface area contributed by atoms with E-state index in [1.54, 1.807) is 0 Å². The van der Waals surface area contributed by atoms with E-state index in [9.17, 15) is 0 Å². The molecule has 5 aliphatic rings. The van der Waals surface area contributed by atoms with Gasteiger partial charge in [-0.3, -0.25) is 0 Å². The van der Waals surface area contributed by atoms with E-state index in [1.165, 1.54) is 133 Å². The number of nitrogens with zero attached hydrogens (tertiary/aromatic N) is 2. The minimum atomic E-state index is 0.0295. The Kier molecular flexibility index (Phi) is 9.13. The molecule has 0 radical (unpaired) electrons. The summed E-state index contributed by atoms with van der Waals surface area (Å²) in [5, 5.41) is 2.34. The van der Waals surface area contributed by atoms with Crippen LogP contribution in [0, 0.1) is 6.92 Å². The van der Waals surface area contributed by atoms with Crippen LogP contribution in [0.4, 0.5) is 34.1 Å². The van der Waals surface area contributed by atoms with E-state index in [4.69, 9.17) is 4.42 Å². The minimum absolute atomic E-state index is 0.0295. The lowest BCUT2D eigenvalue weighted by Crippen LogP contribution is -2.62. The number of rotatable bonds is 2. The molecule has 0 saturated carbocycles. The molecule has 0 N–H and O–H groups in total. The highest BCUT2D eigenvalue weighted by Gasteiger charge is 2.49. The topological polar surface area (TPSA) is 19.6 Å². The van der Waals surface area contributed by atoms with E-state index in [1.807, 2.05) is 0 Å². The highest BCUT2D eigenvalue weighted by Crippen LogP contribution is 2.54. The quantitative estimate of drug-likeness (QED) is 0.161. The van der Waals surface area contributed by atoms with Crippen molar-refractivity contribution in [2.75, 3.05) is 9.80 Å². The fraction of sp³-hybridized carbons (Fsp3) is 0.446.